The minimum absolute atomic E-state index is 0.178. The van der Waals surface area contributed by atoms with Crippen molar-refractivity contribution in [1.82, 2.24) is 5.32 Å². The fraction of sp³-hybridized carbons (Fsp3) is 0.818. The summed E-state index contributed by atoms with van der Waals surface area (Å²) in [6.45, 7) is 1.89. The van der Waals surface area contributed by atoms with Crippen LogP contribution in [0.15, 0.2) is 0 Å². The summed E-state index contributed by atoms with van der Waals surface area (Å²) in [5.74, 6) is -6.14. The van der Waals surface area contributed by atoms with Gasteiger partial charge < -0.3 is 19.5 Å². The number of carbonyl (C=O) groups is 2. The van der Waals surface area contributed by atoms with Crippen molar-refractivity contribution in [3.63, 3.8) is 0 Å². The lowest BCUT2D eigenvalue weighted by Gasteiger charge is -2.18. The molecule has 19 heavy (non-hydrogen) atoms. The van der Waals surface area contributed by atoms with Crippen LogP contribution >= 0.6 is 0 Å². The monoisotopic (exact) mass is 281 g/mol. The molecular weight excluding hydrogens is 264 g/mol. The molecule has 1 rings (SSSR count). The highest BCUT2D eigenvalue weighted by Gasteiger charge is 2.42. The van der Waals surface area contributed by atoms with Crippen LogP contribution in [0.2, 0.25) is 0 Å². The molecule has 1 N–H and O–H groups in total. The Labute approximate surface area is 109 Å². The Morgan fingerprint density at radius 1 is 1.42 bits per heavy atom. The molecule has 1 unspecified atom stereocenters. The molecule has 0 spiro atoms. The van der Waals surface area contributed by atoms with E-state index in [2.05, 4.69) is 4.74 Å². The summed E-state index contributed by atoms with van der Waals surface area (Å²) in [5, 5.41) is 2.00. The summed E-state index contributed by atoms with van der Waals surface area (Å²) >= 11 is 0. The van der Waals surface area contributed by atoms with Gasteiger partial charge in [-0.2, -0.15) is 8.78 Å². The second-order valence-electron chi connectivity index (χ2n) is 4.11. The fourth-order valence-corrected chi connectivity index (χ4v) is 1.40. The maximum atomic E-state index is 13.5. The largest absolute Gasteiger partial charge is 0.374 e. The van der Waals surface area contributed by atoms with Crippen molar-refractivity contribution in [1.29, 1.82) is 0 Å². The third kappa shape index (κ3) is 4.81. The van der Waals surface area contributed by atoms with Gasteiger partial charge in [-0.05, 0) is 6.92 Å². The zero-order chi connectivity index (χ0) is 14.5. The second kappa shape index (κ2) is 6.88. The SMILES string of the molecule is COC(C)C(=O)CC(F)(F)C(=O)NCC1OCCO1. The van der Waals surface area contributed by atoms with Gasteiger partial charge >= 0.3 is 5.92 Å². The molecule has 0 aromatic heterocycles. The molecule has 8 heteroatoms. The molecule has 0 bridgehead atoms. The molecule has 1 heterocycles. The van der Waals surface area contributed by atoms with E-state index < -0.39 is 36.4 Å². The number of ketones is 1. The van der Waals surface area contributed by atoms with Crippen molar-refractivity contribution in [2.24, 2.45) is 0 Å². The maximum Gasteiger partial charge on any atom is 0.331 e. The van der Waals surface area contributed by atoms with E-state index >= 15 is 0 Å². The predicted molar refractivity (Wildman–Crippen MR) is 59.7 cm³/mol. The number of rotatable bonds is 7. The molecule has 1 amide bonds. The van der Waals surface area contributed by atoms with Crippen molar-refractivity contribution < 1.29 is 32.6 Å². The van der Waals surface area contributed by atoms with Crippen molar-refractivity contribution >= 4 is 11.7 Å². The number of methoxy groups -OCH3 is 1. The van der Waals surface area contributed by atoms with Crippen LogP contribution in [0.1, 0.15) is 13.3 Å². The summed E-state index contributed by atoms with van der Waals surface area (Å²) in [7, 11) is 1.23. The van der Waals surface area contributed by atoms with Gasteiger partial charge in [-0.1, -0.05) is 0 Å². The Hall–Kier alpha value is -1.12. The molecule has 0 aromatic rings. The predicted octanol–water partition coefficient (Wildman–Crippen LogP) is 0.105. The van der Waals surface area contributed by atoms with Crippen LogP contribution in [0.3, 0.4) is 0 Å². The number of amides is 1. The van der Waals surface area contributed by atoms with Gasteiger partial charge in [0.25, 0.3) is 5.91 Å². The summed E-state index contributed by atoms with van der Waals surface area (Å²) in [6.07, 6.45) is -2.88. The molecule has 6 nitrogen and oxygen atoms in total. The molecule has 0 aliphatic carbocycles. The number of hydrogen-bond donors (Lipinski definition) is 1. The Bertz CT molecular complexity index is 331. The lowest BCUT2D eigenvalue weighted by molar-refractivity contribution is -0.154. The summed E-state index contributed by atoms with van der Waals surface area (Å²) in [6, 6.07) is 0. The van der Waals surface area contributed by atoms with Crippen LogP contribution in [0.5, 0.6) is 0 Å². The van der Waals surface area contributed by atoms with Gasteiger partial charge in [-0.25, -0.2) is 0 Å². The van der Waals surface area contributed by atoms with Crippen LogP contribution in [-0.2, 0) is 23.8 Å². The second-order valence-corrected chi connectivity index (χ2v) is 4.11. The average Bonchev–Trinajstić information content (AvgIpc) is 2.87. The number of halogens is 2. The number of carbonyl (C=O) groups excluding carboxylic acids is 2. The van der Waals surface area contributed by atoms with Crippen LogP contribution in [0, 0.1) is 0 Å². The first-order chi connectivity index (χ1) is 8.86. The first kappa shape index (κ1) is 15.9. The van der Waals surface area contributed by atoms with E-state index in [0.29, 0.717) is 13.2 Å². The van der Waals surface area contributed by atoms with Crippen molar-refractivity contribution in [3.8, 4) is 0 Å². The van der Waals surface area contributed by atoms with Gasteiger partial charge in [-0.15, -0.1) is 0 Å². The lowest BCUT2D eigenvalue weighted by Crippen LogP contribution is -2.45. The molecular formula is C11H17F2NO5. The molecule has 1 aliphatic heterocycles. The van der Waals surface area contributed by atoms with E-state index in [1.165, 1.54) is 14.0 Å². The first-order valence-electron chi connectivity index (χ1n) is 5.81. The van der Waals surface area contributed by atoms with Crippen molar-refractivity contribution in [2.75, 3.05) is 26.9 Å². The molecule has 1 saturated heterocycles. The Morgan fingerprint density at radius 3 is 2.53 bits per heavy atom. The van der Waals surface area contributed by atoms with Crippen LogP contribution < -0.4 is 5.32 Å². The summed E-state index contributed by atoms with van der Waals surface area (Å²) < 4.78 is 41.5. The van der Waals surface area contributed by atoms with Crippen molar-refractivity contribution in [2.45, 2.75) is 31.7 Å². The summed E-state index contributed by atoms with van der Waals surface area (Å²) in [5.41, 5.74) is 0. The van der Waals surface area contributed by atoms with Crippen LogP contribution in [0.4, 0.5) is 8.78 Å². The minimum atomic E-state index is -3.78. The minimum Gasteiger partial charge on any atom is -0.374 e. The highest BCUT2D eigenvalue weighted by atomic mass is 19.3. The van der Waals surface area contributed by atoms with Gasteiger partial charge in [0.15, 0.2) is 12.1 Å². The normalized spacial score (nSPS) is 18.3. The number of nitrogens with one attached hydrogen (secondary N) is 1. The van der Waals surface area contributed by atoms with E-state index in [4.69, 9.17) is 9.47 Å². The number of Topliss-reactive ketones (excluding diaryl/α,β-unsaturated/α-hetero) is 1. The van der Waals surface area contributed by atoms with Crippen LogP contribution in [-0.4, -0.2) is 56.9 Å². The lowest BCUT2D eigenvalue weighted by atomic mass is 10.1. The molecule has 1 aliphatic rings. The zero-order valence-electron chi connectivity index (χ0n) is 10.8. The molecule has 1 fully saturated rings. The Balaban J connectivity index is 2.41. The quantitative estimate of drug-likeness (QED) is 0.716. The molecule has 110 valence electrons. The molecule has 0 aromatic carbocycles. The number of hydrogen-bond acceptors (Lipinski definition) is 5. The smallest absolute Gasteiger partial charge is 0.331 e. The number of alkyl halides is 2. The third-order valence-corrected chi connectivity index (χ3v) is 2.66. The highest BCUT2D eigenvalue weighted by Crippen LogP contribution is 2.20. The van der Waals surface area contributed by atoms with Gasteiger partial charge in [0.05, 0.1) is 26.2 Å². The number of ether oxygens (including phenoxy) is 3. The van der Waals surface area contributed by atoms with E-state index in [1.807, 2.05) is 5.32 Å². The molecule has 0 radical (unpaired) electrons. The van der Waals surface area contributed by atoms with Gasteiger partial charge in [-0.3, -0.25) is 9.59 Å². The summed E-state index contributed by atoms with van der Waals surface area (Å²) in [4.78, 5) is 22.6. The highest BCUT2D eigenvalue weighted by molar-refractivity contribution is 5.92. The van der Waals surface area contributed by atoms with Gasteiger partial charge in [0.1, 0.15) is 6.10 Å². The van der Waals surface area contributed by atoms with E-state index in [-0.39, 0.29) is 6.54 Å². The molecule has 0 saturated carbocycles. The molecule has 1 atom stereocenters. The topological polar surface area (TPSA) is 73.9 Å². The van der Waals surface area contributed by atoms with Gasteiger partial charge in [0.2, 0.25) is 0 Å². The van der Waals surface area contributed by atoms with Crippen molar-refractivity contribution in [3.05, 3.63) is 0 Å². The van der Waals surface area contributed by atoms with E-state index in [9.17, 15) is 18.4 Å². The first-order valence-corrected chi connectivity index (χ1v) is 5.81. The Morgan fingerprint density at radius 2 is 2.00 bits per heavy atom. The standard InChI is InChI=1S/C11H17F2NO5/c1-7(17-2)8(15)5-11(12,13)10(16)14-6-9-18-3-4-19-9/h7,9H,3-6H2,1-2H3,(H,14,16). The van der Waals surface area contributed by atoms with Crippen LogP contribution in [0.25, 0.3) is 0 Å². The Kier molecular flexibility index (Phi) is 5.77. The van der Waals surface area contributed by atoms with E-state index in [0.717, 1.165) is 0 Å². The maximum absolute atomic E-state index is 13.5. The third-order valence-electron chi connectivity index (χ3n) is 2.66. The zero-order valence-corrected chi connectivity index (χ0v) is 10.8. The van der Waals surface area contributed by atoms with E-state index in [1.54, 1.807) is 0 Å². The van der Waals surface area contributed by atoms with Gasteiger partial charge in [0, 0.05) is 7.11 Å². The fourth-order valence-electron chi connectivity index (χ4n) is 1.40. The average molecular weight is 281 g/mol.